The maximum Gasteiger partial charge on any atom is 0.307 e. The Labute approximate surface area is 127 Å². The van der Waals surface area contributed by atoms with Gasteiger partial charge in [0.1, 0.15) is 5.82 Å². The van der Waals surface area contributed by atoms with Crippen molar-refractivity contribution < 1.29 is 18.7 Å². The maximum atomic E-state index is 13.8. The van der Waals surface area contributed by atoms with Gasteiger partial charge >= 0.3 is 5.97 Å². The number of methoxy groups -OCH3 is 1. The van der Waals surface area contributed by atoms with Crippen LogP contribution >= 0.6 is 11.6 Å². The molecular formula is C15H17ClFNO3. The van der Waals surface area contributed by atoms with Gasteiger partial charge in [-0.2, -0.15) is 0 Å². The van der Waals surface area contributed by atoms with Crippen LogP contribution in [-0.4, -0.2) is 36.5 Å². The van der Waals surface area contributed by atoms with Crippen molar-refractivity contribution in [2.45, 2.75) is 31.7 Å². The summed E-state index contributed by atoms with van der Waals surface area (Å²) in [5.41, 5.74) is -0.0562. The van der Waals surface area contributed by atoms with E-state index in [-0.39, 0.29) is 24.0 Å². The molecule has 0 spiro atoms. The molecule has 0 N–H and O–H groups in total. The number of hydrogen-bond acceptors (Lipinski definition) is 3. The highest BCUT2D eigenvalue weighted by Crippen LogP contribution is 2.24. The quantitative estimate of drug-likeness (QED) is 0.806. The number of rotatable bonds is 3. The standard InChI is InChI=1S/C15H17ClFNO3/c1-21-14(19)9-11-4-2-3-7-18(11)15(20)12-8-10(16)5-6-13(12)17/h5-6,8,11H,2-4,7,9H2,1H3. The van der Waals surface area contributed by atoms with Crippen molar-refractivity contribution in [1.82, 2.24) is 4.90 Å². The van der Waals surface area contributed by atoms with Crippen LogP contribution in [0.15, 0.2) is 18.2 Å². The minimum atomic E-state index is -0.605. The number of carbonyl (C=O) groups is 2. The molecule has 1 fully saturated rings. The molecule has 21 heavy (non-hydrogen) atoms. The van der Waals surface area contributed by atoms with Gasteiger partial charge in [0.2, 0.25) is 0 Å². The molecule has 1 saturated heterocycles. The van der Waals surface area contributed by atoms with Crippen LogP contribution in [0, 0.1) is 5.82 Å². The molecule has 1 atom stereocenters. The Kier molecular flexibility index (Phi) is 5.17. The van der Waals surface area contributed by atoms with Crippen LogP contribution in [0.5, 0.6) is 0 Å². The second-order valence-electron chi connectivity index (χ2n) is 5.05. The van der Waals surface area contributed by atoms with Gasteiger partial charge in [-0.25, -0.2) is 4.39 Å². The molecule has 1 aliphatic rings. The van der Waals surface area contributed by atoms with Crippen LogP contribution < -0.4 is 0 Å². The fourth-order valence-corrected chi connectivity index (χ4v) is 2.74. The molecule has 0 bridgehead atoms. The van der Waals surface area contributed by atoms with Gasteiger partial charge < -0.3 is 9.64 Å². The van der Waals surface area contributed by atoms with Gasteiger partial charge in [0, 0.05) is 17.6 Å². The van der Waals surface area contributed by atoms with Gasteiger partial charge in [0.15, 0.2) is 0 Å². The van der Waals surface area contributed by atoms with Gasteiger partial charge in [-0.1, -0.05) is 11.6 Å². The number of amides is 1. The molecule has 0 aliphatic carbocycles. The first-order chi connectivity index (χ1) is 10.0. The topological polar surface area (TPSA) is 46.6 Å². The van der Waals surface area contributed by atoms with E-state index < -0.39 is 11.7 Å². The lowest BCUT2D eigenvalue weighted by atomic mass is 9.98. The predicted octanol–water partition coefficient (Wildman–Crippen LogP) is 3.04. The minimum absolute atomic E-state index is 0.0562. The third kappa shape index (κ3) is 3.73. The van der Waals surface area contributed by atoms with Crippen molar-refractivity contribution in [2.75, 3.05) is 13.7 Å². The van der Waals surface area contributed by atoms with Crippen LogP contribution in [0.25, 0.3) is 0 Å². The summed E-state index contributed by atoms with van der Waals surface area (Å²) in [6, 6.07) is 3.64. The summed E-state index contributed by atoms with van der Waals surface area (Å²) in [4.78, 5) is 25.5. The van der Waals surface area contributed by atoms with Crippen molar-refractivity contribution in [2.24, 2.45) is 0 Å². The Hall–Kier alpha value is -1.62. The molecule has 1 unspecified atom stereocenters. The second kappa shape index (κ2) is 6.89. The van der Waals surface area contributed by atoms with Gasteiger partial charge in [0.25, 0.3) is 5.91 Å². The highest BCUT2D eigenvalue weighted by atomic mass is 35.5. The predicted molar refractivity (Wildman–Crippen MR) is 76.7 cm³/mol. The van der Waals surface area contributed by atoms with E-state index in [0.29, 0.717) is 18.0 Å². The number of ether oxygens (including phenoxy) is 1. The van der Waals surface area contributed by atoms with Crippen LogP contribution in [0.3, 0.4) is 0 Å². The lowest BCUT2D eigenvalue weighted by Gasteiger charge is -2.35. The molecule has 1 aromatic carbocycles. The summed E-state index contributed by atoms with van der Waals surface area (Å²) in [5, 5.41) is 0.307. The maximum absolute atomic E-state index is 13.8. The largest absolute Gasteiger partial charge is 0.469 e. The minimum Gasteiger partial charge on any atom is -0.469 e. The molecule has 2 rings (SSSR count). The Morgan fingerprint density at radius 3 is 2.90 bits per heavy atom. The smallest absolute Gasteiger partial charge is 0.307 e. The van der Waals surface area contributed by atoms with E-state index in [2.05, 4.69) is 4.74 Å². The average molecular weight is 314 g/mol. The SMILES string of the molecule is COC(=O)CC1CCCCN1C(=O)c1cc(Cl)ccc1F. The third-order valence-corrected chi connectivity index (χ3v) is 3.91. The first-order valence-electron chi connectivity index (χ1n) is 6.85. The number of benzene rings is 1. The molecular weight excluding hydrogens is 297 g/mol. The molecule has 4 nitrogen and oxygen atoms in total. The molecule has 1 aromatic rings. The van der Waals surface area contributed by atoms with Gasteiger partial charge in [-0.15, -0.1) is 0 Å². The molecule has 1 amide bonds. The summed E-state index contributed by atoms with van der Waals surface area (Å²) in [7, 11) is 1.31. The Morgan fingerprint density at radius 1 is 1.43 bits per heavy atom. The van der Waals surface area contributed by atoms with E-state index in [1.165, 1.54) is 25.3 Å². The van der Waals surface area contributed by atoms with Gasteiger partial charge in [-0.05, 0) is 37.5 Å². The summed E-state index contributed by atoms with van der Waals surface area (Å²) in [5.74, 6) is -1.40. The first kappa shape index (κ1) is 15.8. The first-order valence-corrected chi connectivity index (χ1v) is 7.23. The van der Waals surface area contributed by atoms with Crippen molar-refractivity contribution >= 4 is 23.5 Å². The van der Waals surface area contributed by atoms with E-state index in [0.717, 1.165) is 12.8 Å². The average Bonchev–Trinajstić information content (AvgIpc) is 2.49. The van der Waals surface area contributed by atoms with Crippen LogP contribution in [0.2, 0.25) is 5.02 Å². The zero-order valence-electron chi connectivity index (χ0n) is 11.8. The molecule has 114 valence electrons. The molecule has 6 heteroatoms. The van der Waals surface area contributed by atoms with Crippen molar-refractivity contribution in [3.63, 3.8) is 0 Å². The Bertz CT molecular complexity index is 550. The fraction of sp³-hybridized carbons (Fsp3) is 0.467. The second-order valence-corrected chi connectivity index (χ2v) is 5.49. The van der Waals surface area contributed by atoms with Crippen molar-refractivity contribution in [1.29, 1.82) is 0 Å². The molecule has 0 radical (unpaired) electrons. The molecule has 1 aliphatic heterocycles. The zero-order chi connectivity index (χ0) is 15.4. The fourth-order valence-electron chi connectivity index (χ4n) is 2.57. The summed E-state index contributed by atoms with van der Waals surface area (Å²) in [6.45, 7) is 0.506. The summed E-state index contributed by atoms with van der Waals surface area (Å²) in [6.07, 6.45) is 2.61. The normalized spacial score (nSPS) is 18.4. The van der Waals surface area contributed by atoms with Crippen molar-refractivity contribution in [3.05, 3.63) is 34.6 Å². The van der Waals surface area contributed by atoms with Crippen LogP contribution in [0.4, 0.5) is 4.39 Å². The molecule has 0 aromatic heterocycles. The highest BCUT2D eigenvalue weighted by Gasteiger charge is 2.30. The van der Waals surface area contributed by atoms with Crippen LogP contribution in [-0.2, 0) is 9.53 Å². The van der Waals surface area contributed by atoms with Gasteiger partial charge in [-0.3, -0.25) is 9.59 Å². The number of carbonyl (C=O) groups excluding carboxylic acids is 2. The van der Waals surface area contributed by atoms with E-state index in [9.17, 15) is 14.0 Å². The summed E-state index contributed by atoms with van der Waals surface area (Å²) >= 11 is 5.83. The molecule has 0 saturated carbocycles. The number of esters is 1. The van der Waals surface area contributed by atoms with Crippen molar-refractivity contribution in [3.8, 4) is 0 Å². The van der Waals surface area contributed by atoms with Crippen LogP contribution in [0.1, 0.15) is 36.0 Å². The number of nitrogens with zero attached hydrogens (tertiary/aromatic N) is 1. The number of halogens is 2. The van der Waals surface area contributed by atoms with Gasteiger partial charge in [0.05, 0.1) is 19.1 Å². The number of likely N-dealkylation sites (tertiary alicyclic amines) is 1. The van der Waals surface area contributed by atoms with E-state index in [1.54, 1.807) is 4.90 Å². The lowest BCUT2D eigenvalue weighted by molar-refractivity contribution is -0.142. The van der Waals surface area contributed by atoms with E-state index in [4.69, 9.17) is 11.6 Å². The molecule has 1 heterocycles. The highest BCUT2D eigenvalue weighted by molar-refractivity contribution is 6.31. The van der Waals surface area contributed by atoms with E-state index >= 15 is 0 Å². The number of hydrogen-bond donors (Lipinski definition) is 0. The summed E-state index contributed by atoms with van der Waals surface area (Å²) < 4.78 is 18.5. The lowest BCUT2D eigenvalue weighted by Crippen LogP contribution is -2.45. The Balaban J connectivity index is 2.22. The Morgan fingerprint density at radius 2 is 2.19 bits per heavy atom. The van der Waals surface area contributed by atoms with E-state index in [1.807, 2.05) is 0 Å². The monoisotopic (exact) mass is 313 g/mol. The third-order valence-electron chi connectivity index (χ3n) is 3.68. The zero-order valence-corrected chi connectivity index (χ0v) is 12.5. The number of piperidine rings is 1.